The van der Waals surface area contributed by atoms with Crippen molar-refractivity contribution in [2.24, 2.45) is 0 Å². The molecule has 0 spiro atoms. The van der Waals surface area contributed by atoms with Crippen LogP contribution in [0.5, 0.6) is 5.75 Å². The summed E-state index contributed by atoms with van der Waals surface area (Å²) in [4.78, 5) is 14.1. The Morgan fingerprint density at radius 3 is 2.70 bits per heavy atom. The van der Waals surface area contributed by atoms with Crippen LogP contribution >= 0.6 is 24.0 Å². The predicted octanol–water partition coefficient (Wildman–Crippen LogP) is 5.23. The number of hydrogen-bond acceptors (Lipinski definition) is 5. The van der Waals surface area contributed by atoms with Gasteiger partial charge in [-0.15, -0.1) is 19.8 Å². The smallest absolute Gasteiger partial charge is 0.457 e. The Hall–Kier alpha value is -2.52. The van der Waals surface area contributed by atoms with Gasteiger partial charge in [-0.05, 0) is 24.3 Å². The molecule has 0 unspecified atom stereocenters. The lowest BCUT2D eigenvalue weighted by Crippen LogP contribution is -2.27. The molecule has 1 amide bonds. The normalized spacial score (nSPS) is 16.3. The molecule has 1 aliphatic rings. The molecule has 0 radical (unpaired) electrons. The summed E-state index contributed by atoms with van der Waals surface area (Å²) in [5.74, 6) is -0.152. The molecule has 0 atom stereocenters. The third-order valence-electron chi connectivity index (χ3n) is 3.46. The summed E-state index contributed by atoms with van der Waals surface area (Å²) in [7, 11) is 0. The van der Waals surface area contributed by atoms with Gasteiger partial charge < -0.3 is 9.15 Å². The van der Waals surface area contributed by atoms with E-state index in [1.54, 1.807) is 18.2 Å². The second kappa shape index (κ2) is 7.61. The minimum atomic E-state index is -4.81. The molecule has 0 N–H and O–H groups in total. The lowest BCUT2D eigenvalue weighted by atomic mass is 10.1. The Balaban J connectivity index is 1.88. The maximum Gasteiger partial charge on any atom is 0.573 e. The van der Waals surface area contributed by atoms with Gasteiger partial charge in [0.25, 0.3) is 5.91 Å². The fraction of sp³-hybridized carbons (Fsp3) is 0.111. The highest BCUT2D eigenvalue weighted by atomic mass is 32.2. The minimum Gasteiger partial charge on any atom is -0.457 e. The molecule has 2 heterocycles. The van der Waals surface area contributed by atoms with Gasteiger partial charge in [-0.3, -0.25) is 9.69 Å². The predicted molar refractivity (Wildman–Crippen MR) is 101 cm³/mol. The molecular formula is C18H12F3NO3S2. The van der Waals surface area contributed by atoms with E-state index in [4.69, 9.17) is 16.6 Å². The zero-order valence-electron chi connectivity index (χ0n) is 13.7. The summed E-state index contributed by atoms with van der Waals surface area (Å²) in [6.45, 7) is 3.88. The number of alkyl halides is 3. The van der Waals surface area contributed by atoms with Gasteiger partial charge >= 0.3 is 6.36 Å². The van der Waals surface area contributed by atoms with Crippen molar-refractivity contribution in [1.82, 2.24) is 4.90 Å². The quantitative estimate of drug-likeness (QED) is 0.383. The van der Waals surface area contributed by atoms with E-state index in [0.29, 0.717) is 21.5 Å². The van der Waals surface area contributed by atoms with Gasteiger partial charge in [-0.25, -0.2) is 0 Å². The number of para-hydroxylation sites is 1. The third kappa shape index (κ3) is 4.42. The van der Waals surface area contributed by atoms with Crippen LogP contribution in [0.2, 0.25) is 0 Å². The summed E-state index contributed by atoms with van der Waals surface area (Å²) < 4.78 is 47.7. The van der Waals surface area contributed by atoms with Crippen molar-refractivity contribution >= 4 is 40.3 Å². The van der Waals surface area contributed by atoms with Crippen LogP contribution in [0.4, 0.5) is 13.2 Å². The van der Waals surface area contributed by atoms with Crippen molar-refractivity contribution in [2.45, 2.75) is 6.36 Å². The maximum absolute atomic E-state index is 12.6. The van der Waals surface area contributed by atoms with Crippen LogP contribution in [-0.2, 0) is 4.79 Å². The topological polar surface area (TPSA) is 42.7 Å². The lowest BCUT2D eigenvalue weighted by Gasteiger charge is -2.11. The maximum atomic E-state index is 12.6. The largest absolute Gasteiger partial charge is 0.573 e. The molecule has 2 aromatic rings. The van der Waals surface area contributed by atoms with Crippen LogP contribution < -0.4 is 4.74 Å². The monoisotopic (exact) mass is 411 g/mol. The first kappa shape index (κ1) is 19.2. The molecule has 9 heteroatoms. The second-order valence-corrected chi connectivity index (χ2v) is 7.00. The van der Waals surface area contributed by atoms with Crippen molar-refractivity contribution in [3.8, 4) is 17.1 Å². The van der Waals surface area contributed by atoms with Crippen molar-refractivity contribution in [1.29, 1.82) is 0 Å². The van der Waals surface area contributed by atoms with Crippen LogP contribution in [0.3, 0.4) is 0 Å². The lowest BCUT2D eigenvalue weighted by molar-refractivity contribution is -0.274. The highest BCUT2D eigenvalue weighted by molar-refractivity contribution is 8.26. The summed E-state index contributed by atoms with van der Waals surface area (Å²) in [5, 5.41) is 0. The number of ether oxygens (including phenoxy) is 1. The van der Waals surface area contributed by atoms with E-state index < -0.39 is 6.36 Å². The molecule has 0 aliphatic carbocycles. The molecule has 1 saturated heterocycles. The van der Waals surface area contributed by atoms with Crippen molar-refractivity contribution in [3.05, 3.63) is 59.7 Å². The van der Waals surface area contributed by atoms with E-state index in [1.165, 1.54) is 35.2 Å². The Morgan fingerprint density at radius 1 is 1.26 bits per heavy atom. The number of thioether (sulfide) groups is 1. The number of furan rings is 1. The second-order valence-electron chi connectivity index (χ2n) is 5.33. The fourth-order valence-electron chi connectivity index (χ4n) is 2.37. The van der Waals surface area contributed by atoms with Crippen molar-refractivity contribution in [3.63, 3.8) is 0 Å². The van der Waals surface area contributed by atoms with Crippen LogP contribution in [0.15, 0.2) is 58.4 Å². The number of benzene rings is 1. The van der Waals surface area contributed by atoms with E-state index >= 15 is 0 Å². The number of thiocarbonyl (C=S) groups is 1. The summed E-state index contributed by atoms with van der Waals surface area (Å²) in [6.07, 6.45) is -1.75. The first-order chi connectivity index (χ1) is 12.8. The number of hydrogen-bond donors (Lipinski definition) is 0. The molecule has 4 nitrogen and oxygen atoms in total. The standard InChI is InChI=1S/C18H12F3NO3S2/c1-2-9-22-16(23)15(27-17(22)26)10-11-7-8-13(24-11)12-5-3-4-6-14(12)25-18(19,20)21/h2-8,10H,1,9H2. The summed E-state index contributed by atoms with van der Waals surface area (Å²) in [6, 6.07) is 8.72. The van der Waals surface area contributed by atoms with Gasteiger partial charge in [0.05, 0.1) is 10.5 Å². The van der Waals surface area contributed by atoms with E-state index in [2.05, 4.69) is 11.3 Å². The summed E-state index contributed by atoms with van der Waals surface area (Å²) in [5.41, 5.74) is 0.147. The zero-order chi connectivity index (χ0) is 19.6. The first-order valence-corrected chi connectivity index (χ1v) is 8.82. The Kier molecular flexibility index (Phi) is 5.43. The molecule has 1 aromatic carbocycles. The Bertz CT molecular complexity index is 934. The average molecular weight is 411 g/mol. The van der Waals surface area contributed by atoms with E-state index in [1.807, 2.05) is 0 Å². The average Bonchev–Trinajstić information content (AvgIpc) is 3.15. The Labute approximate surface area is 162 Å². The molecule has 0 bridgehead atoms. The van der Waals surface area contributed by atoms with Gasteiger partial charge in [0, 0.05) is 12.6 Å². The van der Waals surface area contributed by atoms with Crippen molar-refractivity contribution in [2.75, 3.05) is 6.54 Å². The van der Waals surface area contributed by atoms with Gasteiger partial charge in [-0.2, -0.15) is 0 Å². The highest BCUT2D eigenvalue weighted by Gasteiger charge is 2.33. The van der Waals surface area contributed by atoms with Crippen LogP contribution in [0.1, 0.15) is 5.76 Å². The number of nitrogens with zero attached hydrogens (tertiary/aromatic N) is 1. The molecule has 1 fully saturated rings. The molecule has 140 valence electrons. The molecular weight excluding hydrogens is 399 g/mol. The van der Waals surface area contributed by atoms with Gasteiger partial charge in [0.1, 0.15) is 21.6 Å². The number of halogens is 3. The van der Waals surface area contributed by atoms with Crippen LogP contribution in [-0.4, -0.2) is 28.0 Å². The molecule has 3 rings (SSSR count). The van der Waals surface area contributed by atoms with E-state index in [-0.39, 0.29) is 23.0 Å². The summed E-state index contributed by atoms with van der Waals surface area (Å²) >= 11 is 6.27. The molecule has 1 aliphatic heterocycles. The fourth-order valence-corrected chi connectivity index (χ4v) is 3.63. The van der Waals surface area contributed by atoms with Gasteiger partial charge in [0.15, 0.2) is 0 Å². The third-order valence-corrected chi connectivity index (χ3v) is 4.84. The number of amides is 1. The van der Waals surface area contributed by atoms with Crippen molar-refractivity contribution < 1.29 is 27.1 Å². The molecule has 0 saturated carbocycles. The highest BCUT2D eigenvalue weighted by Crippen LogP contribution is 2.36. The number of carbonyl (C=O) groups excluding carboxylic acids is 1. The van der Waals surface area contributed by atoms with Gasteiger partial charge in [-0.1, -0.05) is 42.2 Å². The zero-order valence-corrected chi connectivity index (χ0v) is 15.3. The first-order valence-electron chi connectivity index (χ1n) is 7.60. The Morgan fingerprint density at radius 2 is 2.00 bits per heavy atom. The SMILES string of the molecule is C=CCN1C(=O)C(=Cc2ccc(-c3ccccc3OC(F)(F)F)o2)SC1=S. The van der Waals surface area contributed by atoms with E-state index in [9.17, 15) is 18.0 Å². The van der Waals surface area contributed by atoms with Crippen LogP contribution in [0.25, 0.3) is 17.4 Å². The minimum absolute atomic E-state index is 0.147. The number of rotatable bonds is 5. The number of carbonyl (C=O) groups is 1. The molecule has 27 heavy (non-hydrogen) atoms. The van der Waals surface area contributed by atoms with Crippen LogP contribution in [0, 0.1) is 0 Å². The molecule has 1 aromatic heterocycles. The van der Waals surface area contributed by atoms with E-state index in [0.717, 1.165) is 11.8 Å². The van der Waals surface area contributed by atoms with Gasteiger partial charge in [0.2, 0.25) is 0 Å².